The molecule has 2 saturated heterocycles. The van der Waals surface area contributed by atoms with Crippen molar-refractivity contribution >= 4 is 6.03 Å². The van der Waals surface area contributed by atoms with Crippen LogP contribution in [0.2, 0.25) is 0 Å². The monoisotopic (exact) mass is 277 g/mol. The van der Waals surface area contributed by atoms with E-state index in [1.165, 1.54) is 6.42 Å². The summed E-state index contributed by atoms with van der Waals surface area (Å²) in [6.07, 6.45) is 2.99. The normalized spacial score (nSPS) is 26.6. The first-order valence-corrected chi connectivity index (χ1v) is 7.33. The van der Waals surface area contributed by atoms with Crippen molar-refractivity contribution in [3.63, 3.8) is 0 Å². The van der Waals surface area contributed by atoms with Crippen molar-refractivity contribution in [2.24, 2.45) is 11.8 Å². The Kier molecular flexibility index (Phi) is 3.70. The number of amides is 2. The SMILES string of the molecule is CN(C)C(=O)N1CC2CC(CN(Cc3ccco3)C2)C1. The van der Waals surface area contributed by atoms with Gasteiger partial charge < -0.3 is 14.2 Å². The molecule has 0 aromatic carbocycles. The van der Waals surface area contributed by atoms with Crippen molar-refractivity contribution in [1.82, 2.24) is 14.7 Å². The molecular weight excluding hydrogens is 254 g/mol. The number of likely N-dealkylation sites (tertiary alicyclic amines) is 2. The van der Waals surface area contributed by atoms with E-state index in [2.05, 4.69) is 4.90 Å². The van der Waals surface area contributed by atoms with E-state index in [4.69, 9.17) is 4.42 Å². The summed E-state index contributed by atoms with van der Waals surface area (Å²) in [6, 6.07) is 4.13. The molecule has 2 aliphatic heterocycles. The van der Waals surface area contributed by atoms with Crippen LogP contribution in [0.5, 0.6) is 0 Å². The second-order valence-electron chi connectivity index (χ2n) is 6.32. The smallest absolute Gasteiger partial charge is 0.319 e. The molecule has 3 heterocycles. The van der Waals surface area contributed by atoms with Crippen molar-refractivity contribution in [1.29, 1.82) is 0 Å². The number of piperidine rings is 2. The summed E-state index contributed by atoms with van der Waals surface area (Å²) in [5.74, 6) is 2.23. The molecule has 2 amide bonds. The van der Waals surface area contributed by atoms with E-state index >= 15 is 0 Å². The molecule has 0 spiro atoms. The summed E-state index contributed by atoms with van der Waals surface area (Å²) in [7, 11) is 3.66. The maximum Gasteiger partial charge on any atom is 0.319 e. The van der Waals surface area contributed by atoms with Gasteiger partial charge in [0.15, 0.2) is 0 Å². The lowest BCUT2D eigenvalue weighted by Gasteiger charge is -2.46. The van der Waals surface area contributed by atoms with Crippen LogP contribution < -0.4 is 0 Å². The summed E-state index contributed by atoms with van der Waals surface area (Å²) in [6.45, 7) is 4.80. The lowest BCUT2D eigenvalue weighted by molar-refractivity contribution is 0.0344. The topological polar surface area (TPSA) is 39.9 Å². The Hall–Kier alpha value is -1.49. The Morgan fingerprint density at radius 2 is 2.00 bits per heavy atom. The zero-order valence-corrected chi connectivity index (χ0v) is 12.3. The van der Waals surface area contributed by atoms with E-state index in [0.717, 1.165) is 38.5 Å². The van der Waals surface area contributed by atoms with Gasteiger partial charge in [0.05, 0.1) is 12.8 Å². The van der Waals surface area contributed by atoms with Gasteiger partial charge >= 0.3 is 6.03 Å². The number of carbonyl (C=O) groups is 1. The van der Waals surface area contributed by atoms with Crippen molar-refractivity contribution in [2.75, 3.05) is 40.3 Å². The van der Waals surface area contributed by atoms with E-state index in [-0.39, 0.29) is 6.03 Å². The zero-order valence-electron chi connectivity index (χ0n) is 12.3. The third-order valence-electron chi connectivity index (χ3n) is 4.27. The van der Waals surface area contributed by atoms with Crippen LogP contribution >= 0.6 is 0 Å². The maximum absolute atomic E-state index is 12.1. The standard InChI is InChI=1S/C15H23N3O2/c1-16(2)15(19)18-9-12-6-13(10-18)8-17(7-12)11-14-4-3-5-20-14/h3-5,12-13H,6-11H2,1-2H3. The lowest BCUT2D eigenvalue weighted by Crippen LogP contribution is -2.55. The van der Waals surface area contributed by atoms with Gasteiger partial charge in [0.1, 0.15) is 5.76 Å². The van der Waals surface area contributed by atoms with Crippen molar-refractivity contribution in [2.45, 2.75) is 13.0 Å². The largest absolute Gasteiger partial charge is 0.468 e. The minimum atomic E-state index is 0.152. The molecule has 110 valence electrons. The molecule has 20 heavy (non-hydrogen) atoms. The molecule has 0 saturated carbocycles. The summed E-state index contributed by atoms with van der Waals surface area (Å²) in [4.78, 5) is 18.3. The Morgan fingerprint density at radius 1 is 1.30 bits per heavy atom. The molecule has 1 aromatic rings. The number of rotatable bonds is 2. The average molecular weight is 277 g/mol. The van der Waals surface area contributed by atoms with Gasteiger partial charge in [0.25, 0.3) is 0 Å². The number of hydrogen-bond donors (Lipinski definition) is 0. The third kappa shape index (κ3) is 2.82. The van der Waals surface area contributed by atoms with Gasteiger partial charge in [-0.15, -0.1) is 0 Å². The van der Waals surface area contributed by atoms with Crippen LogP contribution in [0.25, 0.3) is 0 Å². The molecule has 2 atom stereocenters. The van der Waals surface area contributed by atoms with E-state index < -0.39 is 0 Å². The average Bonchev–Trinajstić information content (AvgIpc) is 2.89. The number of nitrogens with zero attached hydrogens (tertiary/aromatic N) is 3. The molecule has 5 nitrogen and oxygen atoms in total. The summed E-state index contributed by atoms with van der Waals surface area (Å²) in [5, 5.41) is 0. The maximum atomic E-state index is 12.1. The molecule has 2 fully saturated rings. The Balaban J connectivity index is 1.60. The van der Waals surface area contributed by atoms with Gasteiger partial charge in [0, 0.05) is 40.3 Å². The number of urea groups is 1. The molecule has 0 aliphatic carbocycles. The quantitative estimate of drug-likeness (QED) is 0.826. The van der Waals surface area contributed by atoms with Crippen LogP contribution in [0.1, 0.15) is 12.2 Å². The van der Waals surface area contributed by atoms with Crippen LogP contribution in [-0.4, -0.2) is 61.0 Å². The minimum Gasteiger partial charge on any atom is -0.468 e. The molecule has 0 N–H and O–H groups in total. The predicted molar refractivity (Wildman–Crippen MR) is 76.2 cm³/mol. The van der Waals surface area contributed by atoms with Gasteiger partial charge in [-0.1, -0.05) is 0 Å². The van der Waals surface area contributed by atoms with Gasteiger partial charge in [-0.05, 0) is 30.4 Å². The fraction of sp³-hybridized carbons (Fsp3) is 0.667. The highest BCUT2D eigenvalue weighted by Crippen LogP contribution is 2.29. The fourth-order valence-corrected chi connectivity index (χ4v) is 3.58. The molecule has 2 bridgehead atoms. The molecular formula is C15H23N3O2. The highest BCUT2D eigenvalue weighted by Gasteiger charge is 2.36. The Labute approximate surface area is 120 Å². The molecule has 5 heteroatoms. The van der Waals surface area contributed by atoms with E-state index in [0.29, 0.717) is 11.8 Å². The summed E-state index contributed by atoms with van der Waals surface area (Å²) >= 11 is 0. The zero-order chi connectivity index (χ0) is 14.1. The summed E-state index contributed by atoms with van der Waals surface area (Å²) < 4.78 is 5.44. The highest BCUT2D eigenvalue weighted by molar-refractivity contribution is 5.74. The van der Waals surface area contributed by atoms with Gasteiger partial charge in [-0.2, -0.15) is 0 Å². The highest BCUT2D eigenvalue weighted by atomic mass is 16.3. The second kappa shape index (κ2) is 5.48. The van der Waals surface area contributed by atoms with Crippen LogP contribution in [0.15, 0.2) is 22.8 Å². The van der Waals surface area contributed by atoms with Crippen LogP contribution in [0, 0.1) is 11.8 Å². The van der Waals surface area contributed by atoms with Crippen molar-refractivity contribution in [3.8, 4) is 0 Å². The van der Waals surface area contributed by atoms with E-state index in [1.807, 2.05) is 31.1 Å². The van der Waals surface area contributed by atoms with Crippen molar-refractivity contribution in [3.05, 3.63) is 24.2 Å². The first-order valence-electron chi connectivity index (χ1n) is 7.33. The lowest BCUT2D eigenvalue weighted by atomic mass is 9.84. The first kappa shape index (κ1) is 13.5. The Bertz CT molecular complexity index is 444. The van der Waals surface area contributed by atoms with Gasteiger partial charge in [0.2, 0.25) is 0 Å². The number of furan rings is 1. The van der Waals surface area contributed by atoms with Gasteiger partial charge in [-0.3, -0.25) is 4.90 Å². The molecule has 1 aromatic heterocycles. The van der Waals surface area contributed by atoms with Crippen molar-refractivity contribution < 1.29 is 9.21 Å². The number of carbonyl (C=O) groups excluding carboxylic acids is 1. The molecule has 0 radical (unpaired) electrons. The second-order valence-corrected chi connectivity index (χ2v) is 6.32. The predicted octanol–water partition coefficient (Wildman–Crippen LogP) is 1.71. The van der Waals surface area contributed by atoms with E-state index in [1.54, 1.807) is 11.2 Å². The third-order valence-corrected chi connectivity index (χ3v) is 4.27. The van der Waals surface area contributed by atoms with E-state index in [9.17, 15) is 4.79 Å². The number of hydrogen-bond acceptors (Lipinski definition) is 3. The molecule has 3 rings (SSSR count). The number of fused-ring (bicyclic) bond motifs is 2. The first-order chi connectivity index (χ1) is 9.61. The van der Waals surface area contributed by atoms with Crippen LogP contribution in [-0.2, 0) is 6.54 Å². The molecule has 2 unspecified atom stereocenters. The summed E-state index contributed by atoms with van der Waals surface area (Å²) in [5.41, 5.74) is 0. The van der Waals surface area contributed by atoms with Crippen LogP contribution in [0.3, 0.4) is 0 Å². The van der Waals surface area contributed by atoms with Crippen LogP contribution in [0.4, 0.5) is 4.79 Å². The Morgan fingerprint density at radius 3 is 2.55 bits per heavy atom. The minimum absolute atomic E-state index is 0.152. The van der Waals surface area contributed by atoms with Gasteiger partial charge in [-0.25, -0.2) is 4.79 Å². The molecule has 2 aliphatic rings. The fourth-order valence-electron chi connectivity index (χ4n) is 3.58.